The number of ether oxygens (including phenoxy) is 2. The molecular weight excluding hydrogens is 551 g/mol. The minimum atomic E-state index is -4.79. The van der Waals surface area contributed by atoms with Crippen molar-refractivity contribution in [1.82, 2.24) is 20.2 Å². The van der Waals surface area contributed by atoms with E-state index >= 15 is 0 Å². The van der Waals surface area contributed by atoms with Crippen molar-refractivity contribution in [3.05, 3.63) is 40.3 Å². The molecule has 0 amide bonds. The molecule has 4 aliphatic heterocycles. The zero-order valence-corrected chi connectivity index (χ0v) is 22.6. The zero-order chi connectivity index (χ0) is 29.3. The smallest absolute Gasteiger partial charge is 0.416 e. The Morgan fingerprint density at radius 1 is 1.22 bits per heavy atom. The Kier molecular flexibility index (Phi) is 8.62. The highest BCUT2D eigenvalue weighted by atomic mass is 19.4. The molecule has 3 atom stereocenters. The second kappa shape index (κ2) is 12.0. The number of alkyl halides is 4. The number of benzene rings is 1. The van der Waals surface area contributed by atoms with Gasteiger partial charge >= 0.3 is 12.2 Å². The van der Waals surface area contributed by atoms with Crippen LogP contribution in [0.4, 0.5) is 33.5 Å². The number of anilines is 2. The summed E-state index contributed by atoms with van der Waals surface area (Å²) in [5.41, 5.74) is 4.22. The normalized spacial score (nSPS) is 24.8. The van der Waals surface area contributed by atoms with Crippen molar-refractivity contribution in [2.24, 2.45) is 0 Å². The Hall–Kier alpha value is -3.10. The molecular formula is C27H33F5N6O3. The number of carbonyl (C=O) groups is 1. The predicted octanol–water partition coefficient (Wildman–Crippen LogP) is 3.21. The summed E-state index contributed by atoms with van der Waals surface area (Å²) in [5.74, 6) is -0.801. The number of hydrogen-bond donors (Lipinski definition) is 2. The maximum atomic E-state index is 14.7. The first kappa shape index (κ1) is 29.4. The van der Waals surface area contributed by atoms with E-state index in [4.69, 9.17) is 15.2 Å². The minimum absolute atomic E-state index is 0.00634. The number of ketones is 1. The molecule has 3 fully saturated rings. The summed E-state index contributed by atoms with van der Waals surface area (Å²) >= 11 is 0. The predicted molar refractivity (Wildman–Crippen MR) is 140 cm³/mol. The van der Waals surface area contributed by atoms with Crippen molar-refractivity contribution < 1.29 is 36.2 Å². The van der Waals surface area contributed by atoms with Crippen molar-refractivity contribution in [3.8, 4) is 6.01 Å². The molecule has 0 saturated carbocycles. The van der Waals surface area contributed by atoms with E-state index in [2.05, 4.69) is 20.2 Å². The van der Waals surface area contributed by atoms with E-state index < -0.39 is 41.1 Å². The van der Waals surface area contributed by atoms with Gasteiger partial charge in [-0.3, -0.25) is 9.69 Å². The molecule has 224 valence electrons. The third kappa shape index (κ3) is 6.38. The van der Waals surface area contributed by atoms with E-state index in [-0.39, 0.29) is 37.9 Å². The number of nitrogens with zero attached hydrogens (tertiary/aromatic N) is 4. The third-order valence-electron chi connectivity index (χ3n) is 7.88. The Bertz CT molecular complexity index is 1270. The third-order valence-corrected chi connectivity index (χ3v) is 7.88. The summed E-state index contributed by atoms with van der Waals surface area (Å²) in [4.78, 5) is 24.7. The molecule has 4 aliphatic rings. The van der Waals surface area contributed by atoms with Gasteiger partial charge in [-0.25, -0.2) is 8.78 Å². The molecule has 14 heteroatoms. The van der Waals surface area contributed by atoms with Crippen LogP contribution in [-0.2, 0) is 28.7 Å². The topological polar surface area (TPSA) is 106 Å². The van der Waals surface area contributed by atoms with Crippen LogP contribution in [0.3, 0.4) is 0 Å². The summed E-state index contributed by atoms with van der Waals surface area (Å²) in [6, 6.07) is 2.23. The van der Waals surface area contributed by atoms with Gasteiger partial charge in [0.25, 0.3) is 0 Å². The summed E-state index contributed by atoms with van der Waals surface area (Å²) in [6.07, 6.45) is -3.39. The van der Waals surface area contributed by atoms with Gasteiger partial charge < -0.3 is 25.4 Å². The minimum Gasteiger partial charge on any atom is -0.467 e. The Morgan fingerprint density at radius 2 is 2.02 bits per heavy atom. The molecule has 3 N–H and O–H groups in total. The van der Waals surface area contributed by atoms with Crippen LogP contribution in [0.15, 0.2) is 12.1 Å². The molecule has 0 bridgehead atoms. The van der Waals surface area contributed by atoms with E-state index in [0.29, 0.717) is 42.8 Å². The molecule has 3 saturated heterocycles. The molecule has 2 aromatic rings. The lowest BCUT2D eigenvalue weighted by molar-refractivity contribution is -0.140. The number of rotatable bonds is 3. The van der Waals surface area contributed by atoms with Crippen molar-refractivity contribution in [2.45, 2.75) is 56.8 Å². The standard InChI is InChI=1S/C20H21F4N5O3.C7H12FN/c1-31-19-27-14-6-15(16-12(20(22,23)24)2-3-13(25)17(16)21)32-9-11(14)18(28-19)29-5-4-26-7-10(30)8-29;8-6-4-7-2-1-3-9(7)5-6/h2-3,15,26H,4-9,25H2,1H3;6-7H,1-5H2. The van der Waals surface area contributed by atoms with E-state index in [1.54, 1.807) is 4.90 Å². The molecule has 5 heterocycles. The van der Waals surface area contributed by atoms with E-state index in [9.17, 15) is 26.7 Å². The van der Waals surface area contributed by atoms with Crippen LogP contribution in [0.25, 0.3) is 0 Å². The maximum Gasteiger partial charge on any atom is 0.416 e. The first-order valence-electron chi connectivity index (χ1n) is 13.6. The van der Waals surface area contributed by atoms with Gasteiger partial charge in [-0.1, -0.05) is 0 Å². The van der Waals surface area contributed by atoms with Crippen molar-refractivity contribution in [2.75, 3.05) is 57.0 Å². The largest absolute Gasteiger partial charge is 0.467 e. The van der Waals surface area contributed by atoms with Crippen LogP contribution >= 0.6 is 0 Å². The number of nitrogens with one attached hydrogen (secondary N) is 1. The number of nitrogen functional groups attached to an aromatic ring is 1. The average molecular weight is 585 g/mol. The fraction of sp³-hybridized carbons (Fsp3) is 0.593. The van der Waals surface area contributed by atoms with Crippen LogP contribution in [-0.4, -0.2) is 79.2 Å². The number of halogens is 5. The number of hydrogen-bond acceptors (Lipinski definition) is 9. The molecule has 1 aromatic heterocycles. The van der Waals surface area contributed by atoms with Crippen LogP contribution in [0, 0.1) is 5.82 Å². The Labute approximate surface area is 234 Å². The molecule has 3 unspecified atom stereocenters. The van der Waals surface area contributed by atoms with Gasteiger partial charge in [-0.2, -0.15) is 23.1 Å². The van der Waals surface area contributed by atoms with Crippen LogP contribution < -0.4 is 20.7 Å². The highest BCUT2D eigenvalue weighted by molar-refractivity contribution is 5.85. The van der Waals surface area contributed by atoms with Gasteiger partial charge in [0, 0.05) is 43.2 Å². The first-order valence-corrected chi connectivity index (χ1v) is 13.6. The first-order chi connectivity index (χ1) is 19.5. The van der Waals surface area contributed by atoms with Gasteiger partial charge in [-0.05, 0) is 37.9 Å². The summed E-state index contributed by atoms with van der Waals surface area (Å²) in [6.45, 7) is 3.04. The monoisotopic (exact) mass is 584 g/mol. The van der Waals surface area contributed by atoms with E-state index in [1.165, 1.54) is 20.0 Å². The zero-order valence-electron chi connectivity index (χ0n) is 22.6. The number of methoxy groups -OCH3 is 1. The lowest BCUT2D eigenvalue weighted by atomic mass is 9.94. The molecule has 0 spiro atoms. The van der Waals surface area contributed by atoms with E-state index in [0.717, 1.165) is 25.1 Å². The second-order valence-corrected chi connectivity index (χ2v) is 10.7. The number of aromatic nitrogens is 2. The highest BCUT2D eigenvalue weighted by Crippen LogP contribution is 2.42. The average Bonchev–Trinajstić information content (AvgIpc) is 3.43. The second-order valence-electron chi connectivity index (χ2n) is 10.7. The van der Waals surface area contributed by atoms with E-state index in [1.807, 2.05) is 0 Å². The molecule has 0 aliphatic carbocycles. The molecule has 9 nitrogen and oxygen atoms in total. The number of fused-ring (bicyclic) bond motifs is 2. The van der Waals surface area contributed by atoms with Gasteiger partial charge in [-0.15, -0.1) is 0 Å². The summed E-state index contributed by atoms with van der Waals surface area (Å²) < 4.78 is 78.9. The SMILES string of the molecule is COc1nc2c(c(N3CCNCC(=O)C3)n1)COC(c1c(C(F)(F)F)ccc(N)c1F)C2.FC1CC2CCCN2C1. The highest BCUT2D eigenvalue weighted by Gasteiger charge is 2.40. The van der Waals surface area contributed by atoms with Crippen LogP contribution in [0.5, 0.6) is 6.01 Å². The number of nitrogens with two attached hydrogens (primary N) is 1. The lowest BCUT2D eigenvalue weighted by Crippen LogP contribution is -2.33. The number of carbonyl (C=O) groups excluding carboxylic acids is 1. The van der Waals surface area contributed by atoms with Crippen LogP contribution in [0.1, 0.15) is 47.8 Å². The molecule has 6 rings (SSSR count). The van der Waals surface area contributed by atoms with Crippen molar-refractivity contribution >= 4 is 17.3 Å². The van der Waals surface area contributed by atoms with Crippen molar-refractivity contribution in [1.29, 1.82) is 0 Å². The maximum absolute atomic E-state index is 14.7. The molecule has 0 radical (unpaired) electrons. The lowest BCUT2D eigenvalue weighted by Gasteiger charge is -2.31. The van der Waals surface area contributed by atoms with Gasteiger partial charge in [0.1, 0.15) is 12.0 Å². The Morgan fingerprint density at radius 3 is 2.76 bits per heavy atom. The van der Waals surface area contributed by atoms with Gasteiger partial charge in [0.2, 0.25) is 0 Å². The summed E-state index contributed by atoms with van der Waals surface area (Å²) in [5, 5.41) is 3.01. The summed E-state index contributed by atoms with van der Waals surface area (Å²) in [7, 11) is 1.36. The van der Waals surface area contributed by atoms with Crippen molar-refractivity contribution in [3.63, 3.8) is 0 Å². The quantitative estimate of drug-likeness (QED) is 0.416. The van der Waals surface area contributed by atoms with Gasteiger partial charge in [0.15, 0.2) is 11.6 Å². The fourth-order valence-electron chi connectivity index (χ4n) is 5.94. The van der Waals surface area contributed by atoms with Crippen LogP contribution in [0.2, 0.25) is 0 Å². The molecule has 1 aromatic carbocycles. The van der Waals surface area contributed by atoms with Gasteiger partial charge in [0.05, 0.1) is 49.9 Å². The fourth-order valence-corrected chi connectivity index (χ4v) is 5.94. The molecule has 41 heavy (non-hydrogen) atoms. The Balaban J connectivity index is 0.000000315. The number of Topliss-reactive ketones (excluding diaryl/α,β-unsaturated/α-hetero) is 1.